The fraction of sp³-hybridized carbons (Fsp3) is 0.333. The number of nitrogens with one attached hydrogen (secondary N) is 1. The SMILES string of the molecule is CC(NC(=O)Cn1cnc(N)n1)c1nccs1. The molecule has 0 aliphatic heterocycles. The molecule has 0 aliphatic carbocycles. The lowest BCUT2D eigenvalue weighted by Gasteiger charge is -2.10. The van der Waals surface area contributed by atoms with E-state index in [-0.39, 0.29) is 24.4 Å². The first kappa shape index (κ1) is 11.5. The maximum Gasteiger partial charge on any atom is 0.242 e. The maximum atomic E-state index is 11.7. The molecule has 0 spiro atoms. The molecule has 2 heterocycles. The van der Waals surface area contributed by atoms with E-state index in [0.29, 0.717) is 0 Å². The van der Waals surface area contributed by atoms with Crippen molar-refractivity contribution in [1.82, 2.24) is 25.1 Å². The lowest BCUT2D eigenvalue weighted by Crippen LogP contribution is -2.30. The highest BCUT2D eigenvalue weighted by atomic mass is 32.1. The van der Waals surface area contributed by atoms with Crippen LogP contribution in [0.2, 0.25) is 0 Å². The van der Waals surface area contributed by atoms with Gasteiger partial charge >= 0.3 is 0 Å². The van der Waals surface area contributed by atoms with Gasteiger partial charge in [0.05, 0.1) is 6.04 Å². The van der Waals surface area contributed by atoms with Gasteiger partial charge in [-0.15, -0.1) is 16.4 Å². The third kappa shape index (κ3) is 3.00. The van der Waals surface area contributed by atoms with Crippen molar-refractivity contribution < 1.29 is 4.79 Å². The first-order valence-corrected chi connectivity index (χ1v) is 5.87. The first-order chi connectivity index (χ1) is 8.15. The Balaban J connectivity index is 1.89. The number of carbonyl (C=O) groups is 1. The minimum absolute atomic E-state index is 0.0971. The van der Waals surface area contributed by atoms with Crippen LogP contribution in [0.4, 0.5) is 5.95 Å². The highest BCUT2D eigenvalue weighted by Gasteiger charge is 2.12. The molecule has 8 heteroatoms. The zero-order valence-electron chi connectivity index (χ0n) is 9.20. The molecule has 7 nitrogen and oxygen atoms in total. The standard InChI is InChI=1S/C9H12N6OS/c1-6(8-11-2-3-17-8)13-7(16)4-15-5-12-9(10)14-15/h2-3,5-6H,4H2,1H3,(H2,10,14)(H,13,16). The minimum atomic E-state index is -0.155. The Kier molecular flexibility index (Phi) is 3.33. The summed E-state index contributed by atoms with van der Waals surface area (Å²) in [6, 6.07) is -0.108. The summed E-state index contributed by atoms with van der Waals surface area (Å²) < 4.78 is 1.39. The van der Waals surface area contributed by atoms with Crippen LogP contribution in [0.1, 0.15) is 18.0 Å². The van der Waals surface area contributed by atoms with Crippen molar-refractivity contribution >= 4 is 23.2 Å². The van der Waals surface area contributed by atoms with Gasteiger partial charge in [0.15, 0.2) is 0 Å². The molecule has 0 saturated heterocycles. The van der Waals surface area contributed by atoms with E-state index < -0.39 is 0 Å². The molecule has 0 bridgehead atoms. The Labute approximate surface area is 102 Å². The molecule has 1 amide bonds. The fourth-order valence-electron chi connectivity index (χ4n) is 1.33. The van der Waals surface area contributed by atoms with Gasteiger partial charge in [-0.2, -0.15) is 0 Å². The molecule has 0 aliphatic rings. The van der Waals surface area contributed by atoms with E-state index in [4.69, 9.17) is 5.73 Å². The summed E-state index contributed by atoms with van der Waals surface area (Å²) in [7, 11) is 0. The van der Waals surface area contributed by atoms with Gasteiger partial charge in [0.2, 0.25) is 11.9 Å². The maximum absolute atomic E-state index is 11.7. The molecule has 2 aromatic heterocycles. The van der Waals surface area contributed by atoms with Crippen LogP contribution in [-0.2, 0) is 11.3 Å². The van der Waals surface area contributed by atoms with Gasteiger partial charge in [-0.1, -0.05) is 0 Å². The minimum Gasteiger partial charge on any atom is -0.367 e. The van der Waals surface area contributed by atoms with E-state index in [1.165, 1.54) is 22.3 Å². The van der Waals surface area contributed by atoms with Gasteiger partial charge in [0.1, 0.15) is 17.9 Å². The number of aromatic nitrogens is 4. The molecule has 0 aromatic carbocycles. The van der Waals surface area contributed by atoms with Crippen molar-refractivity contribution in [1.29, 1.82) is 0 Å². The average Bonchev–Trinajstić information content (AvgIpc) is 2.89. The molecular weight excluding hydrogens is 240 g/mol. The van der Waals surface area contributed by atoms with E-state index in [1.807, 2.05) is 12.3 Å². The second-order valence-corrected chi connectivity index (χ2v) is 4.39. The van der Waals surface area contributed by atoms with Crippen LogP contribution in [0, 0.1) is 0 Å². The lowest BCUT2D eigenvalue weighted by atomic mass is 10.3. The zero-order chi connectivity index (χ0) is 12.3. The summed E-state index contributed by atoms with van der Waals surface area (Å²) in [6.07, 6.45) is 3.13. The monoisotopic (exact) mass is 252 g/mol. The number of hydrogen-bond donors (Lipinski definition) is 2. The number of thiazole rings is 1. The van der Waals surface area contributed by atoms with Gasteiger partial charge in [0, 0.05) is 11.6 Å². The van der Waals surface area contributed by atoms with E-state index in [1.54, 1.807) is 6.20 Å². The number of hydrogen-bond acceptors (Lipinski definition) is 6. The number of anilines is 1. The Morgan fingerprint density at radius 2 is 2.47 bits per heavy atom. The highest BCUT2D eigenvalue weighted by Crippen LogP contribution is 2.14. The van der Waals surface area contributed by atoms with E-state index in [0.717, 1.165) is 5.01 Å². The Hall–Kier alpha value is -1.96. The van der Waals surface area contributed by atoms with Crippen molar-refractivity contribution in [2.45, 2.75) is 19.5 Å². The van der Waals surface area contributed by atoms with E-state index in [9.17, 15) is 4.79 Å². The summed E-state index contributed by atoms with van der Waals surface area (Å²) in [5.41, 5.74) is 5.35. The van der Waals surface area contributed by atoms with Crippen LogP contribution in [0.15, 0.2) is 17.9 Å². The smallest absolute Gasteiger partial charge is 0.242 e. The van der Waals surface area contributed by atoms with Gasteiger partial charge in [-0.05, 0) is 6.92 Å². The van der Waals surface area contributed by atoms with Gasteiger partial charge < -0.3 is 11.1 Å². The Morgan fingerprint density at radius 3 is 3.06 bits per heavy atom. The molecule has 2 rings (SSSR count). The van der Waals surface area contributed by atoms with Crippen molar-refractivity contribution in [3.63, 3.8) is 0 Å². The number of amides is 1. The van der Waals surface area contributed by atoms with E-state index in [2.05, 4.69) is 20.4 Å². The molecule has 0 radical (unpaired) electrons. The summed E-state index contributed by atoms with van der Waals surface area (Å²) >= 11 is 1.50. The largest absolute Gasteiger partial charge is 0.367 e. The molecule has 0 fully saturated rings. The third-order valence-electron chi connectivity index (χ3n) is 2.06. The van der Waals surface area contributed by atoms with Crippen LogP contribution >= 0.6 is 11.3 Å². The van der Waals surface area contributed by atoms with Crippen LogP contribution < -0.4 is 11.1 Å². The van der Waals surface area contributed by atoms with Crippen molar-refractivity contribution in [2.24, 2.45) is 0 Å². The summed E-state index contributed by atoms with van der Waals surface area (Å²) in [4.78, 5) is 19.5. The lowest BCUT2D eigenvalue weighted by molar-refractivity contribution is -0.122. The second kappa shape index (κ2) is 4.91. The number of rotatable bonds is 4. The molecule has 0 saturated carbocycles. The summed E-state index contributed by atoms with van der Waals surface area (Å²) in [5.74, 6) is 0.00312. The van der Waals surface area contributed by atoms with Crippen LogP contribution in [0.5, 0.6) is 0 Å². The Bertz CT molecular complexity index is 493. The fourth-order valence-corrected chi connectivity index (χ4v) is 1.98. The first-order valence-electron chi connectivity index (χ1n) is 4.99. The summed E-state index contributed by atoms with van der Waals surface area (Å²) in [6.45, 7) is 1.98. The highest BCUT2D eigenvalue weighted by molar-refractivity contribution is 7.09. The van der Waals surface area contributed by atoms with E-state index >= 15 is 0 Å². The molecule has 3 N–H and O–H groups in total. The summed E-state index contributed by atoms with van der Waals surface area (Å²) in [5, 5.41) is 9.39. The molecule has 90 valence electrons. The number of nitrogen functional groups attached to an aromatic ring is 1. The number of nitrogens with zero attached hydrogens (tertiary/aromatic N) is 4. The van der Waals surface area contributed by atoms with Gasteiger partial charge in [-0.25, -0.2) is 14.6 Å². The predicted octanol–water partition coefficient (Wildman–Crippen LogP) is 0.194. The number of nitrogens with two attached hydrogens (primary N) is 1. The molecule has 17 heavy (non-hydrogen) atoms. The normalized spacial score (nSPS) is 12.3. The van der Waals surface area contributed by atoms with Gasteiger partial charge in [-0.3, -0.25) is 4.79 Å². The van der Waals surface area contributed by atoms with Crippen molar-refractivity contribution in [2.75, 3.05) is 5.73 Å². The van der Waals surface area contributed by atoms with Crippen molar-refractivity contribution in [3.8, 4) is 0 Å². The molecular formula is C9H12N6OS. The quantitative estimate of drug-likeness (QED) is 0.809. The Morgan fingerprint density at radius 1 is 1.65 bits per heavy atom. The molecule has 1 unspecified atom stereocenters. The van der Waals surface area contributed by atoms with Crippen LogP contribution in [-0.4, -0.2) is 25.7 Å². The topological polar surface area (TPSA) is 98.7 Å². The zero-order valence-corrected chi connectivity index (χ0v) is 10.0. The van der Waals surface area contributed by atoms with Crippen LogP contribution in [0.3, 0.4) is 0 Å². The van der Waals surface area contributed by atoms with Gasteiger partial charge in [0.25, 0.3) is 0 Å². The van der Waals surface area contributed by atoms with Crippen molar-refractivity contribution in [3.05, 3.63) is 22.9 Å². The molecule has 2 aromatic rings. The predicted molar refractivity (Wildman–Crippen MR) is 63.1 cm³/mol. The second-order valence-electron chi connectivity index (χ2n) is 3.46. The average molecular weight is 252 g/mol. The number of carbonyl (C=O) groups excluding carboxylic acids is 1. The molecule has 1 atom stereocenters. The third-order valence-corrected chi connectivity index (χ3v) is 3.02. The van der Waals surface area contributed by atoms with Crippen LogP contribution in [0.25, 0.3) is 0 Å².